The van der Waals surface area contributed by atoms with E-state index in [0.717, 1.165) is 15.2 Å². The fourth-order valence-corrected chi connectivity index (χ4v) is 3.27. The van der Waals surface area contributed by atoms with Crippen LogP contribution in [0.3, 0.4) is 0 Å². The number of hydrogen-bond donors (Lipinski definition) is 2. The molecule has 3 aromatic carbocycles. The van der Waals surface area contributed by atoms with Gasteiger partial charge in [0.2, 0.25) is 0 Å². The van der Waals surface area contributed by atoms with Crippen molar-refractivity contribution in [3.63, 3.8) is 0 Å². The Morgan fingerprint density at radius 3 is 2.75 bits per heavy atom. The number of rotatable bonds is 6. The van der Waals surface area contributed by atoms with Crippen LogP contribution in [0.25, 0.3) is 10.8 Å². The Hall–Kier alpha value is -2.86. The quantitative estimate of drug-likeness (QED) is 0.420. The highest BCUT2D eigenvalue weighted by molar-refractivity contribution is 9.10. The van der Waals surface area contributed by atoms with E-state index in [9.17, 15) is 9.90 Å². The van der Waals surface area contributed by atoms with Crippen LogP contribution in [0.1, 0.15) is 30.9 Å². The Labute approximate surface area is 172 Å². The summed E-state index contributed by atoms with van der Waals surface area (Å²) in [6.45, 7) is 4.06. The lowest BCUT2D eigenvalue weighted by atomic mass is 10.0. The van der Waals surface area contributed by atoms with Gasteiger partial charge < -0.3 is 9.84 Å². The van der Waals surface area contributed by atoms with Gasteiger partial charge in [0.1, 0.15) is 11.5 Å². The van der Waals surface area contributed by atoms with Gasteiger partial charge in [-0.1, -0.05) is 50.2 Å². The largest absolute Gasteiger partial charge is 0.507 e. The van der Waals surface area contributed by atoms with Crippen LogP contribution in [-0.4, -0.2) is 23.8 Å². The fraction of sp³-hybridized carbons (Fsp3) is 0.182. The molecule has 0 unspecified atom stereocenters. The molecule has 28 heavy (non-hydrogen) atoms. The van der Waals surface area contributed by atoms with E-state index in [-0.39, 0.29) is 12.4 Å². The third kappa shape index (κ3) is 4.70. The van der Waals surface area contributed by atoms with Crippen molar-refractivity contribution in [2.24, 2.45) is 5.10 Å². The molecule has 144 valence electrons. The summed E-state index contributed by atoms with van der Waals surface area (Å²) in [6, 6.07) is 16.9. The number of phenolic OH excluding ortho intramolecular Hbond substituents is 1. The Bertz CT molecular complexity index is 1030. The van der Waals surface area contributed by atoms with E-state index in [0.29, 0.717) is 17.2 Å². The van der Waals surface area contributed by atoms with Crippen LogP contribution in [0.15, 0.2) is 64.2 Å². The number of halogens is 1. The average molecular weight is 441 g/mol. The van der Waals surface area contributed by atoms with Crippen molar-refractivity contribution in [1.29, 1.82) is 0 Å². The van der Waals surface area contributed by atoms with Gasteiger partial charge in [-0.25, -0.2) is 5.43 Å². The minimum atomic E-state index is -0.393. The molecule has 0 heterocycles. The molecule has 0 aliphatic heterocycles. The Balaban J connectivity index is 1.62. The minimum absolute atomic E-state index is 0.0992. The van der Waals surface area contributed by atoms with Crippen molar-refractivity contribution in [2.45, 2.75) is 19.8 Å². The van der Waals surface area contributed by atoms with Gasteiger partial charge in [0.15, 0.2) is 6.61 Å². The van der Waals surface area contributed by atoms with Crippen molar-refractivity contribution >= 4 is 38.8 Å². The maximum absolute atomic E-state index is 12.0. The van der Waals surface area contributed by atoms with Gasteiger partial charge in [0.25, 0.3) is 5.91 Å². The second-order valence-corrected chi connectivity index (χ2v) is 7.50. The van der Waals surface area contributed by atoms with Gasteiger partial charge >= 0.3 is 0 Å². The highest BCUT2D eigenvalue weighted by Gasteiger charge is 2.08. The molecule has 0 aliphatic carbocycles. The van der Waals surface area contributed by atoms with Gasteiger partial charge in [-0.2, -0.15) is 5.10 Å². The number of ether oxygens (including phenoxy) is 1. The molecule has 6 heteroatoms. The molecular formula is C22H21BrN2O3. The zero-order valence-electron chi connectivity index (χ0n) is 15.6. The lowest BCUT2D eigenvalue weighted by Crippen LogP contribution is -2.24. The number of hydrogen-bond acceptors (Lipinski definition) is 4. The molecule has 0 fully saturated rings. The average Bonchev–Trinajstić information content (AvgIpc) is 2.68. The van der Waals surface area contributed by atoms with E-state index in [1.807, 2.05) is 48.5 Å². The molecule has 0 radical (unpaired) electrons. The fourth-order valence-electron chi connectivity index (χ4n) is 2.76. The normalized spacial score (nSPS) is 11.3. The summed E-state index contributed by atoms with van der Waals surface area (Å²) >= 11 is 3.47. The summed E-state index contributed by atoms with van der Waals surface area (Å²) in [7, 11) is 0. The molecule has 3 aromatic rings. The number of nitrogens with one attached hydrogen (secondary N) is 1. The molecule has 0 aromatic heterocycles. The Morgan fingerprint density at radius 1 is 1.21 bits per heavy atom. The van der Waals surface area contributed by atoms with Crippen molar-refractivity contribution < 1.29 is 14.6 Å². The van der Waals surface area contributed by atoms with E-state index in [1.54, 1.807) is 6.07 Å². The highest BCUT2D eigenvalue weighted by Crippen LogP contribution is 2.29. The van der Waals surface area contributed by atoms with Crippen molar-refractivity contribution in [3.05, 3.63) is 70.2 Å². The van der Waals surface area contributed by atoms with Gasteiger partial charge in [-0.05, 0) is 56.4 Å². The first kappa shape index (κ1) is 19.9. The van der Waals surface area contributed by atoms with Crippen molar-refractivity contribution in [3.8, 4) is 11.5 Å². The van der Waals surface area contributed by atoms with Crippen molar-refractivity contribution in [2.75, 3.05) is 6.61 Å². The van der Waals surface area contributed by atoms with E-state index in [2.05, 4.69) is 40.3 Å². The molecule has 3 rings (SSSR count). The molecular weight excluding hydrogens is 420 g/mol. The Kier molecular flexibility index (Phi) is 6.31. The third-order valence-corrected chi connectivity index (χ3v) is 4.93. The molecule has 5 nitrogen and oxygen atoms in total. The second kappa shape index (κ2) is 8.89. The smallest absolute Gasteiger partial charge is 0.277 e. The lowest BCUT2D eigenvalue weighted by Gasteiger charge is -2.11. The summed E-state index contributed by atoms with van der Waals surface area (Å²) in [6.07, 6.45) is 1.43. The number of fused-ring (bicyclic) bond motifs is 1. The molecule has 0 saturated carbocycles. The molecule has 0 saturated heterocycles. The van der Waals surface area contributed by atoms with Crippen molar-refractivity contribution in [1.82, 2.24) is 5.43 Å². The van der Waals surface area contributed by atoms with E-state index >= 15 is 0 Å². The summed E-state index contributed by atoms with van der Waals surface area (Å²) in [5.74, 6) is 0.710. The molecule has 1 amide bonds. The first-order valence-electron chi connectivity index (χ1n) is 8.90. The number of amides is 1. The lowest BCUT2D eigenvalue weighted by molar-refractivity contribution is -0.123. The zero-order valence-corrected chi connectivity index (χ0v) is 17.2. The van der Waals surface area contributed by atoms with Crippen LogP contribution in [0.5, 0.6) is 11.5 Å². The van der Waals surface area contributed by atoms with Crippen LogP contribution in [0.2, 0.25) is 0 Å². The van der Waals surface area contributed by atoms with Gasteiger partial charge in [0.05, 0.1) is 10.7 Å². The monoisotopic (exact) mass is 440 g/mol. The predicted octanol–water partition coefficient (Wildman–Crippen LogP) is 4.96. The number of aromatic hydroxyl groups is 1. The van der Waals surface area contributed by atoms with Gasteiger partial charge in [-0.3, -0.25) is 4.79 Å². The van der Waals surface area contributed by atoms with Crippen LogP contribution in [-0.2, 0) is 4.79 Å². The summed E-state index contributed by atoms with van der Waals surface area (Å²) < 4.78 is 6.35. The van der Waals surface area contributed by atoms with Crippen LogP contribution >= 0.6 is 15.9 Å². The predicted molar refractivity (Wildman–Crippen MR) is 115 cm³/mol. The number of hydrazone groups is 1. The highest BCUT2D eigenvalue weighted by atomic mass is 79.9. The maximum Gasteiger partial charge on any atom is 0.277 e. The molecule has 0 spiro atoms. The third-order valence-electron chi connectivity index (χ3n) is 4.31. The first-order valence-corrected chi connectivity index (χ1v) is 9.70. The Morgan fingerprint density at radius 2 is 2.00 bits per heavy atom. The number of carbonyl (C=O) groups excluding carboxylic acids is 1. The number of phenols is 1. The van der Waals surface area contributed by atoms with Crippen LogP contribution in [0, 0.1) is 0 Å². The van der Waals surface area contributed by atoms with E-state index in [1.165, 1.54) is 11.8 Å². The maximum atomic E-state index is 12.0. The summed E-state index contributed by atoms with van der Waals surface area (Å²) in [5.41, 5.74) is 4.15. The molecule has 2 N–H and O–H groups in total. The minimum Gasteiger partial charge on any atom is -0.507 e. The standard InChI is InChI=1S/C22H21BrN2O3/c1-14(2)16-8-10-21(19(23)11-16)28-13-22(27)25-24-12-18-17-6-4-3-5-15(17)7-9-20(18)26/h3-12,14,26H,13H2,1-2H3,(H,25,27). The SMILES string of the molecule is CC(C)c1ccc(OCC(=O)NN=Cc2c(O)ccc3ccccc23)c(Br)c1. The number of carbonyl (C=O) groups is 1. The topological polar surface area (TPSA) is 70.9 Å². The second-order valence-electron chi connectivity index (χ2n) is 6.65. The molecule has 0 atom stereocenters. The zero-order chi connectivity index (χ0) is 20.1. The summed E-state index contributed by atoms with van der Waals surface area (Å²) in [5, 5.41) is 15.9. The molecule has 0 aliphatic rings. The first-order chi connectivity index (χ1) is 13.5. The van der Waals surface area contributed by atoms with Gasteiger partial charge in [0, 0.05) is 5.56 Å². The summed E-state index contributed by atoms with van der Waals surface area (Å²) in [4.78, 5) is 12.0. The van der Waals surface area contributed by atoms with Gasteiger partial charge in [-0.15, -0.1) is 0 Å². The van der Waals surface area contributed by atoms with E-state index < -0.39 is 5.91 Å². The van der Waals surface area contributed by atoms with Crippen LogP contribution < -0.4 is 10.2 Å². The van der Waals surface area contributed by atoms with E-state index in [4.69, 9.17) is 4.74 Å². The number of nitrogens with zero attached hydrogens (tertiary/aromatic N) is 1. The number of benzene rings is 3. The molecule has 0 bridgehead atoms. The van der Waals surface area contributed by atoms with Crippen LogP contribution in [0.4, 0.5) is 0 Å².